The summed E-state index contributed by atoms with van der Waals surface area (Å²) in [6.45, 7) is 4.35. The Morgan fingerprint density at radius 2 is 2.26 bits per heavy atom. The van der Waals surface area contributed by atoms with E-state index in [-0.39, 0.29) is 6.04 Å². The van der Waals surface area contributed by atoms with Gasteiger partial charge in [0, 0.05) is 18.8 Å². The molecule has 0 saturated carbocycles. The van der Waals surface area contributed by atoms with Gasteiger partial charge in [-0.1, -0.05) is 6.92 Å². The van der Waals surface area contributed by atoms with Crippen LogP contribution in [0, 0.1) is 0 Å². The first-order chi connectivity index (χ1) is 9.02. The molecule has 1 aromatic rings. The highest BCUT2D eigenvalue weighted by Gasteiger charge is 2.24. The van der Waals surface area contributed by atoms with E-state index in [0.717, 1.165) is 32.1 Å². The van der Waals surface area contributed by atoms with E-state index >= 15 is 0 Å². The Morgan fingerprint density at radius 3 is 2.89 bits per heavy atom. The van der Waals surface area contributed by atoms with Crippen molar-refractivity contribution in [3.05, 3.63) is 32.6 Å². The fourth-order valence-electron chi connectivity index (χ4n) is 2.54. The predicted octanol–water partition coefficient (Wildman–Crippen LogP) is -0.281. The maximum atomic E-state index is 11.7. The lowest BCUT2D eigenvalue weighted by atomic mass is 10.2. The molecule has 2 N–H and O–H groups in total. The third-order valence-corrected chi connectivity index (χ3v) is 3.55. The predicted molar refractivity (Wildman–Crippen MR) is 68.6 cm³/mol. The molecule has 7 heteroatoms. The van der Waals surface area contributed by atoms with Crippen LogP contribution in [-0.2, 0) is 6.54 Å². The minimum Gasteiger partial charge on any atom is -0.477 e. The standard InChI is InChI=1S/C12H17N3O4/c1-2-14-5-3-4-8(14)6-15-7-9(11(17)18)10(16)13-12(15)19/h7-8H,2-6H2,1H3,(H,17,18)(H,13,16,19). The molecule has 0 spiro atoms. The average molecular weight is 267 g/mol. The van der Waals surface area contributed by atoms with Crippen molar-refractivity contribution in [1.29, 1.82) is 0 Å². The van der Waals surface area contributed by atoms with Crippen LogP contribution in [0.15, 0.2) is 15.8 Å². The molecular formula is C12H17N3O4. The number of H-pyrrole nitrogens is 1. The smallest absolute Gasteiger partial charge is 0.342 e. The first-order valence-corrected chi connectivity index (χ1v) is 6.34. The lowest BCUT2D eigenvalue weighted by Crippen LogP contribution is -2.39. The molecule has 1 saturated heterocycles. The molecule has 1 unspecified atom stereocenters. The molecule has 1 atom stereocenters. The van der Waals surface area contributed by atoms with Crippen LogP contribution in [0.25, 0.3) is 0 Å². The second kappa shape index (κ2) is 5.40. The van der Waals surface area contributed by atoms with Crippen molar-refractivity contribution in [3.63, 3.8) is 0 Å². The lowest BCUT2D eigenvalue weighted by molar-refractivity contribution is 0.0693. The van der Waals surface area contributed by atoms with Gasteiger partial charge in [0.15, 0.2) is 0 Å². The van der Waals surface area contributed by atoms with Crippen LogP contribution in [-0.4, -0.2) is 44.7 Å². The maximum Gasteiger partial charge on any atom is 0.342 e. The van der Waals surface area contributed by atoms with Crippen molar-refractivity contribution < 1.29 is 9.90 Å². The Bertz CT molecular complexity index is 589. The van der Waals surface area contributed by atoms with Gasteiger partial charge in [-0.2, -0.15) is 0 Å². The van der Waals surface area contributed by atoms with Gasteiger partial charge in [-0.3, -0.25) is 19.2 Å². The van der Waals surface area contributed by atoms with Crippen molar-refractivity contribution in [2.75, 3.05) is 13.1 Å². The molecule has 7 nitrogen and oxygen atoms in total. The largest absolute Gasteiger partial charge is 0.477 e. The summed E-state index contributed by atoms with van der Waals surface area (Å²) in [7, 11) is 0. The number of hydrogen-bond donors (Lipinski definition) is 2. The summed E-state index contributed by atoms with van der Waals surface area (Å²) in [5, 5.41) is 8.89. The zero-order chi connectivity index (χ0) is 14.0. The first-order valence-electron chi connectivity index (χ1n) is 6.34. The average Bonchev–Trinajstić information content (AvgIpc) is 2.79. The van der Waals surface area contributed by atoms with Crippen molar-refractivity contribution in [2.45, 2.75) is 32.4 Å². The van der Waals surface area contributed by atoms with Gasteiger partial charge >= 0.3 is 11.7 Å². The Kier molecular flexibility index (Phi) is 3.84. The summed E-state index contributed by atoms with van der Waals surface area (Å²) >= 11 is 0. The summed E-state index contributed by atoms with van der Waals surface area (Å²) in [5.74, 6) is -1.33. The SMILES string of the molecule is CCN1CCCC1Cn1cc(C(=O)O)c(=O)[nH]c1=O. The normalized spacial score (nSPS) is 19.7. The molecule has 0 aliphatic carbocycles. The molecule has 0 radical (unpaired) electrons. The summed E-state index contributed by atoms with van der Waals surface area (Å²) in [5.41, 5.74) is -1.81. The van der Waals surface area contributed by atoms with E-state index < -0.39 is 22.8 Å². The van der Waals surface area contributed by atoms with Crippen LogP contribution < -0.4 is 11.2 Å². The van der Waals surface area contributed by atoms with Gasteiger partial charge in [-0.15, -0.1) is 0 Å². The number of carbonyl (C=O) groups is 1. The second-order valence-electron chi connectivity index (χ2n) is 4.68. The maximum absolute atomic E-state index is 11.7. The van der Waals surface area contributed by atoms with Crippen LogP contribution in [0.5, 0.6) is 0 Å². The number of carboxylic acids is 1. The van der Waals surface area contributed by atoms with Gasteiger partial charge in [-0.25, -0.2) is 9.59 Å². The van der Waals surface area contributed by atoms with E-state index in [1.807, 2.05) is 4.98 Å². The Morgan fingerprint density at radius 1 is 1.53 bits per heavy atom. The zero-order valence-corrected chi connectivity index (χ0v) is 10.8. The summed E-state index contributed by atoms with van der Waals surface area (Å²) < 4.78 is 1.28. The van der Waals surface area contributed by atoms with E-state index in [1.54, 1.807) is 0 Å². The van der Waals surface area contributed by atoms with Gasteiger partial charge in [0.05, 0.1) is 0 Å². The Hall–Kier alpha value is -1.89. The highest BCUT2D eigenvalue weighted by Crippen LogP contribution is 2.17. The second-order valence-corrected chi connectivity index (χ2v) is 4.68. The van der Waals surface area contributed by atoms with Crippen molar-refractivity contribution in [1.82, 2.24) is 14.5 Å². The molecule has 0 aromatic carbocycles. The number of aromatic nitrogens is 2. The van der Waals surface area contributed by atoms with E-state index in [1.165, 1.54) is 4.57 Å². The fraction of sp³-hybridized carbons (Fsp3) is 0.583. The van der Waals surface area contributed by atoms with Crippen molar-refractivity contribution >= 4 is 5.97 Å². The Balaban J connectivity index is 2.30. The number of nitrogens with zero attached hydrogens (tertiary/aromatic N) is 2. The number of likely N-dealkylation sites (tertiary alicyclic amines) is 1. The highest BCUT2D eigenvalue weighted by atomic mass is 16.4. The van der Waals surface area contributed by atoms with Crippen LogP contribution in [0.2, 0.25) is 0 Å². The summed E-state index contributed by atoms with van der Waals surface area (Å²) in [6, 6.07) is 0.218. The molecule has 1 aromatic heterocycles. The topological polar surface area (TPSA) is 95.4 Å². The molecule has 0 bridgehead atoms. The number of hydrogen-bond acceptors (Lipinski definition) is 4. The molecule has 104 valence electrons. The van der Waals surface area contributed by atoms with Crippen LogP contribution >= 0.6 is 0 Å². The number of carboxylic acid groups (broad SMARTS) is 1. The fourth-order valence-corrected chi connectivity index (χ4v) is 2.54. The molecule has 0 amide bonds. The van der Waals surface area contributed by atoms with Crippen LogP contribution in [0.1, 0.15) is 30.1 Å². The van der Waals surface area contributed by atoms with Gasteiger partial charge in [0.1, 0.15) is 5.56 Å². The molecule has 2 heterocycles. The number of rotatable bonds is 4. The zero-order valence-electron chi connectivity index (χ0n) is 10.8. The van der Waals surface area contributed by atoms with Crippen molar-refractivity contribution in [2.24, 2.45) is 0 Å². The Labute approximate surface area is 109 Å². The number of likely N-dealkylation sites (N-methyl/N-ethyl adjacent to an activating group) is 1. The monoisotopic (exact) mass is 267 g/mol. The molecule has 1 aliphatic heterocycles. The molecule has 19 heavy (non-hydrogen) atoms. The first kappa shape index (κ1) is 13.5. The molecule has 1 fully saturated rings. The minimum absolute atomic E-state index is 0.218. The molecule has 1 aliphatic rings. The van der Waals surface area contributed by atoms with E-state index in [2.05, 4.69) is 11.8 Å². The van der Waals surface area contributed by atoms with E-state index in [0.29, 0.717) is 6.54 Å². The van der Waals surface area contributed by atoms with E-state index in [9.17, 15) is 14.4 Å². The third kappa shape index (κ3) is 2.76. The summed E-state index contributed by atoms with van der Waals surface area (Å²) in [4.78, 5) is 38.2. The molecular weight excluding hydrogens is 250 g/mol. The molecule has 2 rings (SSSR count). The van der Waals surface area contributed by atoms with Gasteiger partial charge in [-0.05, 0) is 25.9 Å². The van der Waals surface area contributed by atoms with E-state index in [4.69, 9.17) is 5.11 Å². The third-order valence-electron chi connectivity index (χ3n) is 3.55. The number of aromatic amines is 1. The lowest BCUT2D eigenvalue weighted by Gasteiger charge is -2.23. The van der Waals surface area contributed by atoms with Crippen LogP contribution in [0.4, 0.5) is 0 Å². The quantitative estimate of drug-likeness (QED) is 0.782. The van der Waals surface area contributed by atoms with Gasteiger partial charge < -0.3 is 5.11 Å². The number of aromatic carboxylic acids is 1. The van der Waals surface area contributed by atoms with Gasteiger partial charge in [0.25, 0.3) is 5.56 Å². The summed E-state index contributed by atoms with van der Waals surface area (Å²) in [6.07, 6.45) is 3.18. The van der Waals surface area contributed by atoms with Crippen molar-refractivity contribution in [3.8, 4) is 0 Å². The minimum atomic E-state index is -1.33. The van der Waals surface area contributed by atoms with Crippen LogP contribution in [0.3, 0.4) is 0 Å². The number of nitrogens with one attached hydrogen (secondary N) is 1. The van der Waals surface area contributed by atoms with Gasteiger partial charge in [0.2, 0.25) is 0 Å². The highest BCUT2D eigenvalue weighted by molar-refractivity contribution is 5.86.